The highest BCUT2D eigenvalue weighted by molar-refractivity contribution is 7.92. The number of aryl methyl sites for hydroxylation is 1. The van der Waals surface area contributed by atoms with Gasteiger partial charge in [0, 0.05) is 18.3 Å². The third kappa shape index (κ3) is 3.62. The van der Waals surface area contributed by atoms with Crippen LogP contribution < -0.4 is 4.72 Å². The van der Waals surface area contributed by atoms with Gasteiger partial charge in [-0.2, -0.15) is 5.10 Å². The zero-order valence-electron chi connectivity index (χ0n) is 11.4. The number of hydrogen-bond donors (Lipinski definition) is 2. The first-order valence-electron chi connectivity index (χ1n) is 6.31. The van der Waals surface area contributed by atoms with Crippen LogP contribution in [0.2, 0.25) is 0 Å². The monoisotopic (exact) mass is 305 g/mol. The Morgan fingerprint density at radius 2 is 2.14 bits per heavy atom. The number of hydrogen-bond acceptors (Lipinski definition) is 4. The molecule has 1 heterocycles. The molecular formula is C14H15N3O3S. The van der Waals surface area contributed by atoms with Crippen molar-refractivity contribution in [2.24, 2.45) is 0 Å². The highest BCUT2D eigenvalue weighted by Crippen LogP contribution is 2.18. The van der Waals surface area contributed by atoms with Gasteiger partial charge in [-0.05, 0) is 19.1 Å². The summed E-state index contributed by atoms with van der Waals surface area (Å²) in [5, 5.41) is 12.7. The number of aliphatic hydroxyl groups excluding tert-OH is 1. The second-order valence-electron chi connectivity index (χ2n) is 4.15. The molecule has 0 radical (unpaired) electrons. The van der Waals surface area contributed by atoms with Gasteiger partial charge in [-0.3, -0.25) is 9.40 Å². The summed E-state index contributed by atoms with van der Waals surface area (Å²) < 4.78 is 28.9. The van der Waals surface area contributed by atoms with E-state index in [9.17, 15) is 8.42 Å². The van der Waals surface area contributed by atoms with Crippen LogP contribution in [0.1, 0.15) is 12.5 Å². The van der Waals surface area contributed by atoms with Crippen LogP contribution in [-0.4, -0.2) is 29.9 Å². The van der Waals surface area contributed by atoms with E-state index < -0.39 is 10.0 Å². The second kappa shape index (κ2) is 6.43. The molecule has 2 rings (SSSR count). The highest BCUT2D eigenvalue weighted by atomic mass is 32.2. The number of rotatable bonds is 4. The molecule has 0 spiro atoms. The molecule has 0 unspecified atom stereocenters. The summed E-state index contributed by atoms with van der Waals surface area (Å²) in [4.78, 5) is 0.0650. The van der Waals surface area contributed by atoms with Gasteiger partial charge in [-0.1, -0.05) is 24.0 Å². The largest absolute Gasteiger partial charge is 0.384 e. The molecule has 1 aromatic carbocycles. The number of benzene rings is 1. The molecule has 0 fully saturated rings. The molecule has 0 saturated carbocycles. The molecule has 2 N–H and O–H groups in total. The predicted octanol–water partition coefficient (Wildman–Crippen LogP) is 1.05. The molecular weight excluding hydrogens is 290 g/mol. The molecule has 1 aromatic heterocycles. The Hall–Kier alpha value is -2.30. The number of aromatic nitrogens is 2. The van der Waals surface area contributed by atoms with Crippen molar-refractivity contribution in [2.75, 3.05) is 11.3 Å². The lowest BCUT2D eigenvalue weighted by Gasteiger charge is -2.07. The van der Waals surface area contributed by atoms with Crippen LogP contribution >= 0.6 is 0 Å². The van der Waals surface area contributed by atoms with Gasteiger partial charge in [0.15, 0.2) is 0 Å². The van der Waals surface area contributed by atoms with E-state index in [1.54, 1.807) is 29.1 Å². The van der Waals surface area contributed by atoms with Crippen molar-refractivity contribution in [1.29, 1.82) is 0 Å². The standard InChI is InChI=1S/C14H15N3O3S/c1-2-17-11-13(10-15-17)16-21(19,20)14-8-4-3-6-12(14)7-5-9-18/h3-4,6,8,10-11,16,18H,2,9H2,1H3. The molecule has 0 aliphatic carbocycles. The van der Waals surface area contributed by atoms with Crippen LogP contribution in [-0.2, 0) is 16.6 Å². The summed E-state index contributed by atoms with van der Waals surface area (Å²) in [6.45, 7) is 2.23. The van der Waals surface area contributed by atoms with Gasteiger partial charge in [0.1, 0.15) is 11.5 Å². The van der Waals surface area contributed by atoms with Crippen molar-refractivity contribution >= 4 is 15.7 Å². The van der Waals surface area contributed by atoms with Gasteiger partial charge in [-0.25, -0.2) is 8.42 Å². The van der Waals surface area contributed by atoms with Crippen molar-refractivity contribution in [3.63, 3.8) is 0 Å². The Labute approximate surface area is 123 Å². The van der Waals surface area contributed by atoms with Gasteiger partial charge < -0.3 is 5.11 Å². The minimum absolute atomic E-state index is 0.0650. The Balaban J connectivity index is 2.35. The average molecular weight is 305 g/mol. The molecule has 7 heteroatoms. The topological polar surface area (TPSA) is 84.2 Å². The second-order valence-corrected chi connectivity index (χ2v) is 5.80. The van der Waals surface area contributed by atoms with Crippen molar-refractivity contribution in [1.82, 2.24) is 9.78 Å². The summed E-state index contributed by atoms with van der Waals surface area (Å²) in [6.07, 6.45) is 3.06. The zero-order chi connectivity index (χ0) is 15.3. The Bertz CT molecular complexity index is 785. The van der Waals surface area contributed by atoms with Crippen LogP contribution in [0.5, 0.6) is 0 Å². The van der Waals surface area contributed by atoms with Crippen LogP contribution in [0.25, 0.3) is 0 Å². The lowest BCUT2D eigenvalue weighted by Crippen LogP contribution is -2.14. The van der Waals surface area contributed by atoms with E-state index in [0.717, 1.165) is 0 Å². The zero-order valence-corrected chi connectivity index (χ0v) is 12.3. The molecule has 0 saturated heterocycles. The van der Waals surface area contributed by atoms with E-state index in [-0.39, 0.29) is 11.5 Å². The van der Waals surface area contributed by atoms with Gasteiger partial charge in [0.25, 0.3) is 10.0 Å². The van der Waals surface area contributed by atoms with E-state index in [2.05, 4.69) is 21.7 Å². The Kier molecular flexibility index (Phi) is 4.62. The molecule has 0 aliphatic heterocycles. The summed E-state index contributed by atoms with van der Waals surface area (Å²) in [5.74, 6) is 5.08. The highest BCUT2D eigenvalue weighted by Gasteiger charge is 2.18. The lowest BCUT2D eigenvalue weighted by molar-refractivity contribution is 0.350. The van der Waals surface area contributed by atoms with Gasteiger partial charge >= 0.3 is 0 Å². The molecule has 2 aromatic rings. The maximum atomic E-state index is 12.4. The fraction of sp³-hybridized carbons (Fsp3) is 0.214. The smallest absolute Gasteiger partial charge is 0.263 e. The summed E-state index contributed by atoms with van der Waals surface area (Å²) in [6, 6.07) is 6.37. The maximum Gasteiger partial charge on any atom is 0.263 e. The minimum Gasteiger partial charge on any atom is -0.384 e. The number of sulfonamides is 1. The average Bonchev–Trinajstić information content (AvgIpc) is 2.92. The predicted molar refractivity (Wildman–Crippen MR) is 79.1 cm³/mol. The SMILES string of the molecule is CCn1cc(NS(=O)(=O)c2ccccc2C#CCO)cn1. The Morgan fingerprint density at radius 1 is 1.38 bits per heavy atom. The third-order valence-electron chi connectivity index (χ3n) is 2.69. The van der Waals surface area contributed by atoms with Crippen LogP contribution in [0, 0.1) is 11.8 Å². The quantitative estimate of drug-likeness (QED) is 0.827. The van der Waals surface area contributed by atoms with Crippen molar-refractivity contribution in [3.05, 3.63) is 42.2 Å². The molecule has 0 aliphatic rings. The fourth-order valence-electron chi connectivity index (χ4n) is 1.74. The maximum absolute atomic E-state index is 12.4. The van der Waals surface area contributed by atoms with Crippen LogP contribution in [0.4, 0.5) is 5.69 Å². The number of nitrogens with one attached hydrogen (secondary N) is 1. The molecule has 6 nitrogen and oxygen atoms in total. The summed E-state index contributed by atoms with van der Waals surface area (Å²) >= 11 is 0. The Morgan fingerprint density at radius 3 is 2.81 bits per heavy atom. The van der Waals surface area contributed by atoms with E-state index >= 15 is 0 Å². The van der Waals surface area contributed by atoms with Gasteiger partial charge in [0.2, 0.25) is 0 Å². The molecule has 110 valence electrons. The normalized spacial score (nSPS) is 10.8. The van der Waals surface area contributed by atoms with Gasteiger partial charge in [0.05, 0.1) is 11.9 Å². The van der Waals surface area contributed by atoms with Crippen molar-refractivity contribution in [3.8, 4) is 11.8 Å². The number of anilines is 1. The molecule has 21 heavy (non-hydrogen) atoms. The number of aliphatic hydroxyl groups is 1. The summed E-state index contributed by atoms with van der Waals surface area (Å²) in [7, 11) is -3.76. The van der Waals surface area contributed by atoms with Crippen LogP contribution in [0.3, 0.4) is 0 Å². The van der Waals surface area contributed by atoms with Crippen molar-refractivity contribution < 1.29 is 13.5 Å². The lowest BCUT2D eigenvalue weighted by atomic mass is 10.2. The van der Waals surface area contributed by atoms with E-state index in [1.165, 1.54) is 12.3 Å². The van der Waals surface area contributed by atoms with E-state index in [4.69, 9.17) is 5.11 Å². The first-order valence-corrected chi connectivity index (χ1v) is 7.79. The van der Waals surface area contributed by atoms with Crippen LogP contribution in [0.15, 0.2) is 41.6 Å². The van der Waals surface area contributed by atoms with E-state index in [0.29, 0.717) is 17.8 Å². The third-order valence-corrected chi connectivity index (χ3v) is 4.13. The molecule has 0 bridgehead atoms. The first-order chi connectivity index (χ1) is 10.1. The minimum atomic E-state index is -3.76. The fourth-order valence-corrected chi connectivity index (χ4v) is 2.93. The molecule has 0 amide bonds. The summed E-state index contributed by atoms with van der Waals surface area (Å²) in [5.41, 5.74) is 0.726. The molecule has 0 atom stereocenters. The van der Waals surface area contributed by atoms with Crippen molar-refractivity contribution in [2.45, 2.75) is 18.4 Å². The number of nitrogens with zero attached hydrogens (tertiary/aromatic N) is 2. The van der Waals surface area contributed by atoms with E-state index in [1.807, 2.05) is 6.92 Å². The van der Waals surface area contributed by atoms with Gasteiger partial charge in [-0.15, -0.1) is 0 Å². The first kappa shape index (κ1) is 15.1.